The Morgan fingerprint density at radius 3 is 2.41 bits per heavy atom. The number of benzene rings is 2. The summed E-state index contributed by atoms with van der Waals surface area (Å²) in [6.07, 6.45) is 3.48. The van der Waals surface area contributed by atoms with Gasteiger partial charge in [-0.15, -0.1) is 0 Å². The summed E-state index contributed by atoms with van der Waals surface area (Å²) in [4.78, 5) is 2.95. The summed E-state index contributed by atoms with van der Waals surface area (Å²) in [5.41, 5.74) is 1.97. The smallest absolute Gasteiger partial charge is 0.0789 e. The van der Waals surface area contributed by atoms with Gasteiger partial charge in [0.25, 0.3) is 0 Å². The molecule has 0 bridgehead atoms. The molecule has 0 aliphatic rings. The molecule has 6 heteroatoms. The Balaban J connectivity index is 1.88. The first kappa shape index (κ1) is 15.3. The summed E-state index contributed by atoms with van der Waals surface area (Å²) in [5.74, 6) is 0. The Kier molecular flexibility index (Phi) is 4.66. The summed E-state index contributed by atoms with van der Waals surface area (Å²) >= 11 is 7.53. The van der Waals surface area contributed by atoms with Gasteiger partial charge in [0.05, 0.1) is 16.8 Å². The van der Waals surface area contributed by atoms with Crippen molar-refractivity contribution in [1.29, 1.82) is 0 Å². The fraction of sp³-hybridized carbons (Fsp3) is 0.0625. The summed E-state index contributed by atoms with van der Waals surface area (Å²) < 4.78 is 11.5. The van der Waals surface area contributed by atoms with E-state index < -0.39 is 10.8 Å². The summed E-state index contributed by atoms with van der Waals surface area (Å²) in [6.45, 7) is 0. The first-order valence-corrected chi connectivity index (χ1v) is 9.29. The van der Waals surface area contributed by atoms with Crippen LogP contribution in [-0.2, 0) is 10.8 Å². The molecule has 1 atom stereocenters. The Morgan fingerprint density at radius 1 is 1.09 bits per heavy atom. The van der Waals surface area contributed by atoms with Gasteiger partial charge in [-0.25, -0.2) is 0 Å². The van der Waals surface area contributed by atoms with Crippen molar-refractivity contribution in [3.8, 4) is 11.3 Å². The predicted molar refractivity (Wildman–Crippen MR) is 91.9 cm³/mol. The molecule has 2 aromatic carbocycles. The van der Waals surface area contributed by atoms with Gasteiger partial charge in [-0.1, -0.05) is 35.5 Å². The first-order valence-electron chi connectivity index (χ1n) is 6.54. The lowest BCUT2D eigenvalue weighted by Crippen LogP contribution is -1.87. The average molecular weight is 349 g/mol. The second kappa shape index (κ2) is 6.69. The van der Waals surface area contributed by atoms with E-state index >= 15 is 0 Å². The first-order chi connectivity index (χ1) is 10.6. The maximum absolute atomic E-state index is 11.5. The molecule has 3 nitrogen and oxygen atoms in total. The number of hydrogen-bond acceptors (Lipinski definition) is 3. The zero-order valence-corrected chi connectivity index (χ0v) is 14.1. The number of aromatic nitrogens is 2. The lowest BCUT2D eigenvalue weighted by molar-refractivity contribution is 0.687. The van der Waals surface area contributed by atoms with Crippen LogP contribution in [0.4, 0.5) is 0 Å². The van der Waals surface area contributed by atoms with Gasteiger partial charge in [0.1, 0.15) is 0 Å². The number of rotatable bonds is 4. The molecule has 1 aromatic heterocycles. The third-order valence-electron chi connectivity index (χ3n) is 3.12. The van der Waals surface area contributed by atoms with Crippen molar-refractivity contribution in [2.75, 3.05) is 6.26 Å². The van der Waals surface area contributed by atoms with Gasteiger partial charge in [0, 0.05) is 37.4 Å². The van der Waals surface area contributed by atoms with E-state index in [2.05, 4.69) is 10.2 Å². The van der Waals surface area contributed by atoms with Gasteiger partial charge in [0.15, 0.2) is 0 Å². The van der Waals surface area contributed by atoms with Crippen LogP contribution in [0.3, 0.4) is 0 Å². The second-order valence-electron chi connectivity index (χ2n) is 4.64. The number of hydrogen-bond donors (Lipinski definition) is 1. The molecule has 1 heterocycles. The van der Waals surface area contributed by atoms with Crippen LogP contribution in [0.25, 0.3) is 11.3 Å². The quantitative estimate of drug-likeness (QED) is 0.748. The van der Waals surface area contributed by atoms with Crippen LogP contribution in [0, 0.1) is 0 Å². The Labute approximate surface area is 140 Å². The van der Waals surface area contributed by atoms with Crippen LogP contribution < -0.4 is 0 Å². The number of halogens is 1. The van der Waals surface area contributed by atoms with Gasteiger partial charge in [-0.05, 0) is 36.4 Å². The zero-order chi connectivity index (χ0) is 15.5. The molecule has 1 N–H and O–H groups in total. The number of H-pyrrole nitrogens is 1. The molecule has 0 radical (unpaired) electrons. The maximum Gasteiger partial charge on any atom is 0.0789 e. The molecule has 3 rings (SSSR count). The highest BCUT2D eigenvalue weighted by Crippen LogP contribution is 2.35. The fourth-order valence-electron chi connectivity index (χ4n) is 2.00. The van der Waals surface area contributed by atoms with E-state index in [-0.39, 0.29) is 0 Å². The van der Waals surface area contributed by atoms with Crippen LogP contribution in [-0.4, -0.2) is 20.7 Å². The number of aromatic amines is 1. The van der Waals surface area contributed by atoms with Gasteiger partial charge < -0.3 is 0 Å². The molecule has 22 heavy (non-hydrogen) atoms. The molecule has 0 saturated carbocycles. The molecular weight excluding hydrogens is 336 g/mol. The molecule has 1 unspecified atom stereocenters. The Bertz CT molecular complexity index is 798. The highest BCUT2D eigenvalue weighted by atomic mass is 35.5. The molecule has 0 aliphatic heterocycles. The van der Waals surface area contributed by atoms with Crippen molar-refractivity contribution in [3.63, 3.8) is 0 Å². The summed E-state index contributed by atoms with van der Waals surface area (Å²) in [5, 5.41) is 7.89. The molecular formula is C16H13ClN2OS2. The normalized spacial score (nSPS) is 12.3. The van der Waals surface area contributed by atoms with E-state index in [0.29, 0.717) is 0 Å². The van der Waals surface area contributed by atoms with Crippen LogP contribution in [0.15, 0.2) is 69.4 Å². The topological polar surface area (TPSA) is 45.8 Å². The van der Waals surface area contributed by atoms with Crippen LogP contribution in [0.5, 0.6) is 0 Å². The molecule has 0 spiro atoms. The summed E-state index contributed by atoms with van der Waals surface area (Å²) in [6, 6.07) is 15.4. The van der Waals surface area contributed by atoms with Crippen LogP contribution in [0.1, 0.15) is 0 Å². The minimum atomic E-state index is -0.967. The molecule has 0 fully saturated rings. The van der Waals surface area contributed by atoms with E-state index in [4.69, 9.17) is 11.6 Å². The second-order valence-corrected chi connectivity index (χ2v) is 7.58. The predicted octanol–water partition coefficient (Wildman–Crippen LogP) is 4.62. The minimum Gasteiger partial charge on any atom is -0.277 e. The van der Waals surface area contributed by atoms with E-state index in [9.17, 15) is 4.21 Å². The van der Waals surface area contributed by atoms with Crippen molar-refractivity contribution in [3.05, 3.63) is 59.8 Å². The largest absolute Gasteiger partial charge is 0.277 e. The monoisotopic (exact) mass is 348 g/mol. The molecule has 3 aromatic rings. The standard InChI is InChI=1S/C16H13ClN2OS2/c1-22(20)14-8-2-11(3-9-14)16-15(10-18-19-16)21-13-6-4-12(17)5-7-13/h2-10H,1H3,(H,18,19). The summed E-state index contributed by atoms with van der Waals surface area (Å²) in [7, 11) is -0.967. The van der Waals surface area contributed by atoms with Crippen molar-refractivity contribution < 1.29 is 4.21 Å². The van der Waals surface area contributed by atoms with Gasteiger partial charge >= 0.3 is 0 Å². The van der Waals surface area contributed by atoms with Crippen molar-refractivity contribution >= 4 is 34.2 Å². The zero-order valence-electron chi connectivity index (χ0n) is 11.7. The Hall–Kier alpha value is -1.56. The van der Waals surface area contributed by atoms with Crippen LogP contribution >= 0.6 is 23.4 Å². The van der Waals surface area contributed by atoms with E-state index in [0.717, 1.165) is 31.0 Å². The molecule has 0 aliphatic carbocycles. The lowest BCUT2D eigenvalue weighted by atomic mass is 10.2. The van der Waals surface area contributed by atoms with Gasteiger partial charge in [-0.2, -0.15) is 5.10 Å². The van der Waals surface area contributed by atoms with E-state index in [1.54, 1.807) is 24.2 Å². The fourth-order valence-corrected chi connectivity index (χ4v) is 3.54. The maximum atomic E-state index is 11.5. The SMILES string of the molecule is CS(=O)c1ccc(-c2[nH]ncc2Sc2ccc(Cl)cc2)cc1. The highest BCUT2D eigenvalue weighted by molar-refractivity contribution is 7.99. The number of nitrogens with zero attached hydrogens (tertiary/aromatic N) is 1. The molecule has 0 amide bonds. The number of nitrogens with one attached hydrogen (secondary N) is 1. The lowest BCUT2D eigenvalue weighted by Gasteiger charge is -2.04. The van der Waals surface area contributed by atoms with Crippen molar-refractivity contribution in [1.82, 2.24) is 10.2 Å². The third kappa shape index (κ3) is 3.43. The Morgan fingerprint density at radius 2 is 1.77 bits per heavy atom. The van der Waals surface area contributed by atoms with E-state index in [1.807, 2.05) is 48.5 Å². The third-order valence-corrected chi connectivity index (χ3v) is 5.35. The van der Waals surface area contributed by atoms with Gasteiger partial charge in [-0.3, -0.25) is 9.31 Å². The molecule has 112 valence electrons. The van der Waals surface area contributed by atoms with Crippen LogP contribution in [0.2, 0.25) is 5.02 Å². The highest BCUT2D eigenvalue weighted by Gasteiger charge is 2.10. The molecule has 0 saturated heterocycles. The van der Waals surface area contributed by atoms with Gasteiger partial charge in [0.2, 0.25) is 0 Å². The minimum absolute atomic E-state index is 0.722. The van der Waals surface area contributed by atoms with E-state index in [1.165, 1.54) is 0 Å². The average Bonchev–Trinajstić information content (AvgIpc) is 2.98. The van der Waals surface area contributed by atoms with Crippen molar-refractivity contribution in [2.24, 2.45) is 0 Å². The van der Waals surface area contributed by atoms with Crippen molar-refractivity contribution in [2.45, 2.75) is 14.7 Å².